The summed E-state index contributed by atoms with van der Waals surface area (Å²) in [6.45, 7) is 6.25. The summed E-state index contributed by atoms with van der Waals surface area (Å²) in [5, 5.41) is 4.20. The lowest BCUT2D eigenvalue weighted by molar-refractivity contribution is 0.0606. The Bertz CT molecular complexity index is 511. The second kappa shape index (κ2) is 5.05. The van der Waals surface area contributed by atoms with Crippen LogP contribution in [-0.4, -0.2) is 37.3 Å². The maximum atomic E-state index is 12.9. The summed E-state index contributed by atoms with van der Waals surface area (Å²) in [5.74, 6) is 0.150. The van der Waals surface area contributed by atoms with Crippen molar-refractivity contribution >= 4 is 33.4 Å². The Morgan fingerprint density at radius 2 is 1.90 bits per heavy atom. The summed E-state index contributed by atoms with van der Waals surface area (Å²) in [7, 11) is 0. The fraction of sp³-hybridized carbons (Fsp3) is 0.786. The first kappa shape index (κ1) is 14.4. The van der Waals surface area contributed by atoms with Gasteiger partial charge in [0.2, 0.25) is 0 Å². The summed E-state index contributed by atoms with van der Waals surface area (Å²) in [6, 6.07) is 0.779. The number of carbonyl (C=O) groups is 1. The van der Waals surface area contributed by atoms with Gasteiger partial charge < -0.3 is 4.90 Å². The number of aromatic nitrogens is 2. The van der Waals surface area contributed by atoms with Gasteiger partial charge in [-0.05, 0) is 37.2 Å². The Labute approximate surface area is 132 Å². The van der Waals surface area contributed by atoms with E-state index in [-0.39, 0.29) is 11.3 Å². The van der Waals surface area contributed by atoms with Crippen molar-refractivity contribution < 1.29 is 4.79 Å². The molecule has 4 nitrogen and oxygen atoms in total. The highest BCUT2D eigenvalue weighted by Crippen LogP contribution is 2.40. The molecule has 2 aliphatic rings. The van der Waals surface area contributed by atoms with E-state index in [4.69, 9.17) is 0 Å². The first-order valence-electron chi connectivity index (χ1n) is 7.17. The largest absolute Gasteiger partial charge is 0.332 e. The van der Waals surface area contributed by atoms with Gasteiger partial charge in [0.15, 0.2) is 0 Å². The van der Waals surface area contributed by atoms with Crippen molar-refractivity contribution in [3.8, 4) is 0 Å². The maximum Gasteiger partial charge on any atom is 0.268 e. The van der Waals surface area contributed by atoms with Crippen LogP contribution in [0.25, 0.3) is 0 Å². The molecule has 1 amide bonds. The number of piperidine rings is 1. The fourth-order valence-electron chi connectivity index (χ4n) is 3.38. The van der Waals surface area contributed by atoms with Gasteiger partial charge in [0.05, 0.1) is 5.69 Å². The smallest absolute Gasteiger partial charge is 0.268 e. The van der Waals surface area contributed by atoms with Crippen molar-refractivity contribution in [1.82, 2.24) is 14.5 Å². The Morgan fingerprint density at radius 1 is 1.30 bits per heavy atom. The normalized spacial score (nSPS) is 29.8. The molecule has 110 valence electrons. The molecule has 1 aromatic rings. The lowest BCUT2D eigenvalue weighted by Gasteiger charge is -2.37. The average molecular weight is 358 g/mol. The molecular formula is C14H20BrN3OS. The van der Waals surface area contributed by atoms with E-state index in [0.29, 0.717) is 16.9 Å². The molecule has 2 fully saturated rings. The number of halogens is 1. The van der Waals surface area contributed by atoms with E-state index in [0.717, 1.165) is 36.3 Å². The molecule has 0 saturated carbocycles. The molecule has 1 aromatic heterocycles. The molecule has 6 heteroatoms. The zero-order valence-electron chi connectivity index (χ0n) is 12.1. The third-order valence-electron chi connectivity index (χ3n) is 4.30. The van der Waals surface area contributed by atoms with Gasteiger partial charge in [-0.15, -0.1) is 5.10 Å². The molecule has 3 heterocycles. The zero-order valence-corrected chi connectivity index (χ0v) is 14.5. The van der Waals surface area contributed by atoms with Crippen LogP contribution in [0.5, 0.6) is 0 Å². The average Bonchev–Trinajstić information content (AvgIpc) is 2.92. The van der Waals surface area contributed by atoms with E-state index in [1.807, 2.05) is 0 Å². The first-order chi connectivity index (χ1) is 9.38. The Hall–Kier alpha value is -0.490. The van der Waals surface area contributed by atoms with E-state index in [9.17, 15) is 4.79 Å². The van der Waals surface area contributed by atoms with Crippen LogP contribution < -0.4 is 0 Å². The molecule has 2 saturated heterocycles. The molecule has 2 unspecified atom stereocenters. The summed E-state index contributed by atoms with van der Waals surface area (Å²) < 4.78 is 4.02. The van der Waals surface area contributed by atoms with Gasteiger partial charge >= 0.3 is 0 Å². The van der Waals surface area contributed by atoms with Crippen LogP contribution in [0.3, 0.4) is 0 Å². The molecule has 0 aromatic carbocycles. The molecule has 2 bridgehead atoms. The zero-order chi connectivity index (χ0) is 14.5. The molecule has 0 N–H and O–H groups in total. The van der Waals surface area contributed by atoms with Gasteiger partial charge in [-0.1, -0.05) is 41.2 Å². The van der Waals surface area contributed by atoms with Gasteiger partial charge in [-0.2, -0.15) is 0 Å². The number of hydrogen-bond donors (Lipinski definition) is 0. The predicted molar refractivity (Wildman–Crippen MR) is 83.5 cm³/mol. The van der Waals surface area contributed by atoms with Crippen molar-refractivity contribution in [3.63, 3.8) is 0 Å². The minimum Gasteiger partial charge on any atom is -0.332 e. The Morgan fingerprint density at radius 3 is 2.45 bits per heavy atom. The Balaban J connectivity index is 1.89. The van der Waals surface area contributed by atoms with Crippen LogP contribution in [0.15, 0.2) is 0 Å². The molecular weight excluding hydrogens is 338 g/mol. The quantitative estimate of drug-likeness (QED) is 0.723. The van der Waals surface area contributed by atoms with Crippen molar-refractivity contribution in [2.24, 2.45) is 0 Å². The number of fused-ring (bicyclic) bond motifs is 2. The van der Waals surface area contributed by atoms with Crippen LogP contribution in [0.1, 0.15) is 61.8 Å². The third-order valence-corrected chi connectivity index (χ3v) is 5.76. The third kappa shape index (κ3) is 2.41. The van der Waals surface area contributed by atoms with Crippen LogP contribution in [0, 0.1) is 0 Å². The van der Waals surface area contributed by atoms with Crippen molar-refractivity contribution in [2.75, 3.05) is 0 Å². The summed E-state index contributed by atoms with van der Waals surface area (Å²) >= 11 is 4.97. The summed E-state index contributed by atoms with van der Waals surface area (Å²) in [6.07, 6.45) is 4.41. The summed E-state index contributed by atoms with van der Waals surface area (Å²) in [5.41, 5.74) is 0.706. The lowest BCUT2D eigenvalue weighted by atomic mass is 9.91. The molecule has 2 atom stereocenters. The van der Waals surface area contributed by atoms with Gasteiger partial charge in [0.25, 0.3) is 5.91 Å². The van der Waals surface area contributed by atoms with Crippen LogP contribution in [0.4, 0.5) is 0 Å². The van der Waals surface area contributed by atoms with Crippen molar-refractivity contribution in [3.05, 3.63) is 10.6 Å². The van der Waals surface area contributed by atoms with Gasteiger partial charge in [-0.3, -0.25) is 4.79 Å². The summed E-state index contributed by atoms with van der Waals surface area (Å²) in [4.78, 5) is 16.3. The second-order valence-electron chi connectivity index (χ2n) is 6.87. The van der Waals surface area contributed by atoms with Crippen molar-refractivity contribution in [1.29, 1.82) is 0 Å². The SMILES string of the molecule is CC(C)(C)c1nnsc1C(=O)N1C2CCC1CC(Br)C2. The number of amides is 1. The second-order valence-corrected chi connectivity index (χ2v) is 8.92. The highest BCUT2D eigenvalue weighted by atomic mass is 79.9. The lowest BCUT2D eigenvalue weighted by Crippen LogP contribution is -2.47. The molecule has 3 rings (SSSR count). The first-order valence-corrected chi connectivity index (χ1v) is 8.86. The molecule has 0 radical (unpaired) electrons. The predicted octanol–water partition coefficient (Wildman–Crippen LogP) is 3.37. The van der Waals surface area contributed by atoms with Crippen molar-refractivity contribution in [2.45, 2.75) is 68.8 Å². The molecule has 0 spiro atoms. The van der Waals surface area contributed by atoms with E-state index in [1.165, 1.54) is 11.5 Å². The van der Waals surface area contributed by atoms with Crippen LogP contribution in [-0.2, 0) is 5.41 Å². The van der Waals surface area contributed by atoms with Gasteiger partial charge in [-0.25, -0.2) is 0 Å². The van der Waals surface area contributed by atoms with E-state index < -0.39 is 0 Å². The van der Waals surface area contributed by atoms with Gasteiger partial charge in [0.1, 0.15) is 4.88 Å². The molecule has 2 aliphatic heterocycles. The maximum absolute atomic E-state index is 12.9. The minimum atomic E-state index is -0.134. The molecule has 20 heavy (non-hydrogen) atoms. The van der Waals surface area contributed by atoms with Crippen LogP contribution in [0.2, 0.25) is 0 Å². The van der Waals surface area contributed by atoms with E-state index >= 15 is 0 Å². The Kier molecular flexibility index (Phi) is 3.65. The molecule has 0 aliphatic carbocycles. The monoisotopic (exact) mass is 357 g/mol. The van der Waals surface area contributed by atoms with Gasteiger partial charge in [0, 0.05) is 22.3 Å². The highest BCUT2D eigenvalue weighted by molar-refractivity contribution is 9.09. The number of carbonyl (C=O) groups excluding carboxylic acids is 1. The van der Waals surface area contributed by atoms with E-state index in [1.54, 1.807) is 0 Å². The minimum absolute atomic E-state index is 0.134. The number of nitrogens with zero attached hydrogens (tertiary/aromatic N) is 3. The highest BCUT2D eigenvalue weighted by Gasteiger charge is 2.44. The fourth-order valence-corrected chi connectivity index (χ4v) is 5.07. The standard InChI is InChI=1S/C14H20BrN3OS/c1-14(2,3)12-11(20-17-16-12)13(19)18-9-4-5-10(18)7-8(15)6-9/h8-10H,4-7H2,1-3H3. The topological polar surface area (TPSA) is 46.1 Å². The number of hydrogen-bond acceptors (Lipinski definition) is 4. The number of alkyl halides is 1. The number of rotatable bonds is 1. The van der Waals surface area contributed by atoms with Crippen LogP contribution >= 0.6 is 27.5 Å². The van der Waals surface area contributed by atoms with E-state index in [2.05, 4.69) is 51.2 Å².